The SMILES string of the molecule is Cc1nc2cc(CNC(=O)c3ccc(Br)o3)ccc2n1C. The van der Waals surface area contributed by atoms with Crippen LogP contribution in [0.25, 0.3) is 11.0 Å². The van der Waals surface area contributed by atoms with E-state index < -0.39 is 0 Å². The van der Waals surface area contributed by atoms with Crippen LogP contribution in [0, 0.1) is 6.92 Å². The zero-order valence-electron chi connectivity index (χ0n) is 11.7. The number of hydrogen-bond acceptors (Lipinski definition) is 3. The number of benzene rings is 1. The highest BCUT2D eigenvalue weighted by Crippen LogP contribution is 2.17. The number of aromatic nitrogens is 2. The second kappa shape index (κ2) is 5.37. The van der Waals surface area contributed by atoms with Gasteiger partial charge in [0.15, 0.2) is 10.4 Å². The lowest BCUT2D eigenvalue weighted by Crippen LogP contribution is -2.22. The Hall–Kier alpha value is -2.08. The molecule has 0 unspecified atom stereocenters. The molecule has 3 aromatic rings. The van der Waals surface area contributed by atoms with E-state index in [0.717, 1.165) is 22.4 Å². The average Bonchev–Trinajstić information content (AvgIpc) is 3.01. The molecule has 1 aromatic carbocycles. The van der Waals surface area contributed by atoms with E-state index in [2.05, 4.69) is 26.2 Å². The van der Waals surface area contributed by atoms with E-state index in [0.29, 0.717) is 11.2 Å². The number of furan rings is 1. The molecule has 0 atom stereocenters. The van der Waals surface area contributed by atoms with Crippen LogP contribution in [-0.2, 0) is 13.6 Å². The first-order valence-electron chi connectivity index (χ1n) is 6.50. The monoisotopic (exact) mass is 347 g/mol. The van der Waals surface area contributed by atoms with Gasteiger partial charge in [0.05, 0.1) is 11.0 Å². The maximum atomic E-state index is 11.9. The van der Waals surface area contributed by atoms with Gasteiger partial charge in [-0.1, -0.05) is 6.07 Å². The number of hydrogen-bond donors (Lipinski definition) is 1. The Morgan fingerprint density at radius 2 is 2.19 bits per heavy atom. The van der Waals surface area contributed by atoms with Crippen molar-refractivity contribution < 1.29 is 9.21 Å². The number of imidazole rings is 1. The summed E-state index contributed by atoms with van der Waals surface area (Å²) in [7, 11) is 1.99. The molecule has 2 heterocycles. The molecule has 0 bridgehead atoms. The summed E-state index contributed by atoms with van der Waals surface area (Å²) in [4.78, 5) is 16.4. The number of amides is 1. The van der Waals surface area contributed by atoms with E-state index in [1.165, 1.54) is 0 Å². The number of fused-ring (bicyclic) bond motifs is 1. The van der Waals surface area contributed by atoms with Gasteiger partial charge in [-0.3, -0.25) is 4.79 Å². The molecule has 21 heavy (non-hydrogen) atoms. The molecule has 2 aromatic heterocycles. The molecule has 0 fully saturated rings. The summed E-state index contributed by atoms with van der Waals surface area (Å²) in [5.41, 5.74) is 3.01. The molecule has 0 radical (unpaired) electrons. The minimum atomic E-state index is -0.238. The minimum Gasteiger partial charge on any atom is -0.444 e. The molecule has 0 aliphatic heterocycles. The number of nitrogens with zero attached hydrogens (tertiary/aromatic N) is 2. The van der Waals surface area contributed by atoms with Gasteiger partial charge >= 0.3 is 0 Å². The normalized spacial score (nSPS) is 11.0. The van der Waals surface area contributed by atoms with Crippen molar-refractivity contribution in [2.24, 2.45) is 7.05 Å². The second-order valence-corrected chi connectivity index (χ2v) is 5.61. The molecule has 1 amide bonds. The van der Waals surface area contributed by atoms with Gasteiger partial charge in [0.1, 0.15) is 5.82 Å². The maximum Gasteiger partial charge on any atom is 0.287 e. The van der Waals surface area contributed by atoms with Gasteiger partial charge in [-0.05, 0) is 52.7 Å². The van der Waals surface area contributed by atoms with Crippen molar-refractivity contribution in [2.45, 2.75) is 13.5 Å². The van der Waals surface area contributed by atoms with Crippen LogP contribution in [0.3, 0.4) is 0 Å². The summed E-state index contributed by atoms with van der Waals surface area (Å²) in [6, 6.07) is 9.31. The molecule has 6 heteroatoms. The smallest absolute Gasteiger partial charge is 0.287 e. The first kappa shape index (κ1) is 13.9. The largest absolute Gasteiger partial charge is 0.444 e. The Balaban J connectivity index is 1.74. The van der Waals surface area contributed by atoms with E-state index in [4.69, 9.17) is 4.42 Å². The van der Waals surface area contributed by atoms with Crippen LogP contribution in [0.2, 0.25) is 0 Å². The molecule has 0 saturated heterocycles. The van der Waals surface area contributed by atoms with Gasteiger partial charge in [0, 0.05) is 13.6 Å². The van der Waals surface area contributed by atoms with Crippen LogP contribution in [0.1, 0.15) is 21.9 Å². The Morgan fingerprint density at radius 3 is 2.90 bits per heavy atom. The van der Waals surface area contributed by atoms with E-state index >= 15 is 0 Å². The lowest BCUT2D eigenvalue weighted by molar-refractivity contribution is 0.0922. The van der Waals surface area contributed by atoms with Gasteiger partial charge < -0.3 is 14.3 Å². The van der Waals surface area contributed by atoms with E-state index in [1.807, 2.05) is 36.7 Å². The fourth-order valence-electron chi connectivity index (χ4n) is 2.18. The summed E-state index contributed by atoms with van der Waals surface area (Å²) >= 11 is 3.18. The van der Waals surface area contributed by atoms with Gasteiger partial charge in [0.2, 0.25) is 0 Å². The predicted molar refractivity (Wildman–Crippen MR) is 83.0 cm³/mol. The highest BCUT2D eigenvalue weighted by Gasteiger charge is 2.10. The second-order valence-electron chi connectivity index (χ2n) is 4.83. The third-order valence-corrected chi connectivity index (χ3v) is 3.85. The van der Waals surface area contributed by atoms with E-state index in [1.54, 1.807) is 12.1 Å². The summed E-state index contributed by atoms with van der Waals surface area (Å²) < 4.78 is 7.79. The highest BCUT2D eigenvalue weighted by molar-refractivity contribution is 9.10. The molecule has 1 N–H and O–H groups in total. The van der Waals surface area contributed by atoms with Gasteiger partial charge in [-0.25, -0.2) is 4.98 Å². The third-order valence-electron chi connectivity index (χ3n) is 3.42. The Bertz CT molecular complexity index is 820. The molecule has 0 spiro atoms. The van der Waals surface area contributed by atoms with Crippen LogP contribution < -0.4 is 5.32 Å². The Labute approximate surface area is 130 Å². The molecule has 0 aliphatic rings. The van der Waals surface area contributed by atoms with Crippen molar-refractivity contribution in [1.29, 1.82) is 0 Å². The van der Waals surface area contributed by atoms with Crippen molar-refractivity contribution in [3.63, 3.8) is 0 Å². The molecular weight excluding hydrogens is 334 g/mol. The quantitative estimate of drug-likeness (QED) is 0.791. The number of carbonyl (C=O) groups excluding carboxylic acids is 1. The van der Waals surface area contributed by atoms with Crippen LogP contribution in [-0.4, -0.2) is 15.5 Å². The molecule has 108 valence electrons. The maximum absolute atomic E-state index is 11.9. The number of nitrogens with one attached hydrogen (secondary N) is 1. The molecule has 5 nitrogen and oxygen atoms in total. The van der Waals surface area contributed by atoms with Crippen molar-refractivity contribution in [3.8, 4) is 0 Å². The number of carbonyl (C=O) groups is 1. The minimum absolute atomic E-state index is 0.238. The van der Waals surface area contributed by atoms with Crippen molar-refractivity contribution in [2.75, 3.05) is 0 Å². The summed E-state index contributed by atoms with van der Waals surface area (Å²) in [5, 5.41) is 2.83. The lowest BCUT2D eigenvalue weighted by atomic mass is 10.2. The number of halogens is 1. The molecule has 0 aliphatic carbocycles. The lowest BCUT2D eigenvalue weighted by Gasteiger charge is -2.04. The predicted octanol–water partition coefficient (Wildman–Crippen LogP) is 3.17. The first-order valence-corrected chi connectivity index (χ1v) is 7.29. The molecule has 0 saturated carbocycles. The van der Waals surface area contributed by atoms with Crippen molar-refractivity contribution >= 4 is 32.9 Å². The van der Waals surface area contributed by atoms with E-state index in [9.17, 15) is 4.79 Å². The zero-order chi connectivity index (χ0) is 15.0. The van der Waals surface area contributed by atoms with Crippen molar-refractivity contribution in [1.82, 2.24) is 14.9 Å². The Kier molecular flexibility index (Phi) is 3.55. The highest BCUT2D eigenvalue weighted by atomic mass is 79.9. The number of rotatable bonds is 3. The zero-order valence-corrected chi connectivity index (χ0v) is 13.3. The average molecular weight is 348 g/mol. The third kappa shape index (κ3) is 2.71. The van der Waals surface area contributed by atoms with Crippen molar-refractivity contribution in [3.05, 3.63) is 52.1 Å². The molecule has 3 rings (SSSR count). The summed E-state index contributed by atoms with van der Waals surface area (Å²) in [6.07, 6.45) is 0. The summed E-state index contributed by atoms with van der Waals surface area (Å²) in [6.45, 7) is 2.40. The fraction of sp³-hybridized carbons (Fsp3) is 0.200. The van der Waals surface area contributed by atoms with Gasteiger partial charge in [-0.2, -0.15) is 0 Å². The topological polar surface area (TPSA) is 60.1 Å². The van der Waals surface area contributed by atoms with Crippen LogP contribution in [0.5, 0.6) is 0 Å². The van der Waals surface area contributed by atoms with Crippen LogP contribution in [0.4, 0.5) is 0 Å². The Morgan fingerprint density at radius 1 is 1.38 bits per heavy atom. The standard InChI is InChI=1S/C15H14BrN3O2/c1-9-18-11-7-10(3-4-12(11)19(9)2)8-17-15(20)13-5-6-14(16)21-13/h3-7H,8H2,1-2H3,(H,17,20). The van der Waals surface area contributed by atoms with Crippen LogP contribution in [0.15, 0.2) is 39.4 Å². The van der Waals surface area contributed by atoms with Gasteiger partial charge in [0.25, 0.3) is 5.91 Å². The summed E-state index contributed by atoms with van der Waals surface area (Å²) in [5.74, 6) is 1.02. The van der Waals surface area contributed by atoms with E-state index in [-0.39, 0.29) is 11.7 Å². The number of aryl methyl sites for hydroxylation is 2. The molecular formula is C15H14BrN3O2. The fourth-order valence-corrected chi connectivity index (χ4v) is 2.49. The first-order chi connectivity index (χ1) is 10.0. The van der Waals surface area contributed by atoms with Crippen LogP contribution >= 0.6 is 15.9 Å². The van der Waals surface area contributed by atoms with Gasteiger partial charge in [-0.15, -0.1) is 0 Å².